The van der Waals surface area contributed by atoms with Crippen LogP contribution in [0.5, 0.6) is 0 Å². The van der Waals surface area contributed by atoms with Crippen LogP contribution >= 0.6 is 0 Å². The van der Waals surface area contributed by atoms with Crippen molar-refractivity contribution < 1.29 is 14.0 Å². The SMILES string of the molecule is CC1CN(c2cc3c(cc2F)C(=O)C(=O)N3)CC1C. The molecule has 1 fully saturated rings. The van der Waals surface area contributed by atoms with E-state index in [0.29, 0.717) is 23.2 Å². The molecule has 0 radical (unpaired) electrons. The minimum Gasteiger partial charge on any atom is -0.369 e. The first-order valence-corrected chi connectivity index (χ1v) is 6.41. The Labute approximate surface area is 110 Å². The summed E-state index contributed by atoms with van der Waals surface area (Å²) in [6.07, 6.45) is 0. The fraction of sp³-hybridized carbons (Fsp3) is 0.429. The summed E-state index contributed by atoms with van der Waals surface area (Å²) in [5, 5.41) is 2.48. The predicted molar refractivity (Wildman–Crippen MR) is 69.9 cm³/mol. The maximum absolute atomic E-state index is 14.1. The van der Waals surface area contributed by atoms with Crippen molar-refractivity contribution in [3.63, 3.8) is 0 Å². The molecule has 3 rings (SSSR count). The van der Waals surface area contributed by atoms with Crippen LogP contribution in [0.15, 0.2) is 12.1 Å². The molecular formula is C14H15FN2O2. The highest BCUT2D eigenvalue weighted by Crippen LogP contribution is 2.34. The second-order valence-corrected chi connectivity index (χ2v) is 5.49. The van der Waals surface area contributed by atoms with Gasteiger partial charge in [-0.2, -0.15) is 0 Å². The monoisotopic (exact) mass is 262 g/mol. The summed E-state index contributed by atoms with van der Waals surface area (Å²) in [6.45, 7) is 5.86. The topological polar surface area (TPSA) is 49.4 Å². The van der Waals surface area contributed by atoms with Gasteiger partial charge in [-0.15, -0.1) is 0 Å². The molecule has 1 aromatic carbocycles. The number of rotatable bonds is 1. The Morgan fingerprint density at radius 2 is 1.84 bits per heavy atom. The summed E-state index contributed by atoms with van der Waals surface area (Å²) in [7, 11) is 0. The lowest BCUT2D eigenvalue weighted by Gasteiger charge is -2.19. The first-order valence-electron chi connectivity index (χ1n) is 6.41. The van der Waals surface area contributed by atoms with Crippen molar-refractivity contribution in [2.75, 3.05) is 23.3 Å². The standard InChI is InChI=1S/C14H15FN2O2/c1-7-5-17(6-8(7)2)12-4-11-9(3-10(12)15)13(18)14(19)16-11/h3-4,7-8H,5-6H2,1-2H3,(H,16,18,19). The van der Waals surface area contributed by atoms with Gasteiger partial charge in [-0.25, -0.2) is 4.39 Å². The van der Waals surface area contributed by atoms with Crippen molar-refractivity contribution in [3.8, 4) is 0 Å². The number of carbonyl (C=O) groups is 2. The van der Waals surface area contributed by atoms with Crippen LogP contribution in [0.4, 0.5) is 15.8 Å². The summed E-state index contributed by atoms with van der Waals surface area (Å²) in [6, 6.07) is 2.73. The minimum atomic E-state index is -0.685. The Morgan fingerprint density at radius 1 is 1.21 bits per heavy atom. The Morgan fingerprint density at radius 3 is 2.47 bits per heavy atom. The van der Waals surface area contributed by atoms with Crippen LogP contribution in [0, 0.1) is 17.7 Å². The third-order valence-corrected chi connectivity index (χ3v) is 4.11. The van der Waals surface area contributed by atoms with Crippen LogP contribution in [0.3, 0.4) is 0 Å². The number of ketones is 1. The number of hydrogen-bond acceptors (Lipinski definition) is 3. The smallest absolute Gasteiger partial charge is 0.296 e. The highest BCUT2D eigenvalue weighted by Gasteiger charge is 2.32. The second-order valence-electron chi connectivity index (χ2n) is 5.49. The van der Waals surface area contributed by atoms with Crippen LogP contribution in [-0.4, -0.2) is 24.8 Å². The minimum absolute atomic E-state index is 0.131. The first kappa shape index (κ1) is 12.1. The molecule has 2 aliphatic heterocycles. The summed E-state index contributed by atoms with van der Waals surface area (Å²) in [5.41, 5.74) is 1.01. The molecule has 0 spiro atoms. The number of fused-ring (bicyclic) bond motifs is 1. The highest BCUT2D eigenvalue weighted by molar-refractivity contribution is 6.51. The maximum atomic E-state index is 14.1. The third-order valence-electron chi connectivity index (χ3n) is 4.11. The summed E-state index contributed by atoms with van der Waals surface area (Å²) < 4.78 is 14.1. The molecule has 4 nitrogen and oxygen atoms in total. The molecule has 0 saturated carbocycles. The number of halogens is 1. The van der Waals surface area contributed by atoms with Gasteiger partial charge in [0, 0.05) is 13.1 Å². The number of nitrogens with zero attached hydrogens (tertiary/aromatic N) is 1. The van der Waals surface area contributed by atoms with Gasteiger partial charge in [0.05, 0.1) is 16.9 Å². The van der Waals surface area contributed by atoms with E-state index in [4.69, 9.17) is 0 Å². The van der Waals surface area contributed by atoms with Crippen LogP contribution in [-0.2, 0) is 4.79 Å². The first-order chi connectivity index (χ1) is 8.97. The average molecular weight is 262 g/mol. The lowest BCUT2D eigenvalue weighted by atomic mass is 10.0. The van der Waals surface area contributed by atoms with Gasteiger partial charge >= 0.3 is 0 Å². The predicted octanol–water partition coefficient (Wildman–Crippen LogP) is 2.05. The van der Waals surface area contributed by atoms with Crippen LogP contribution < -0.4 is 10.2 Å². The van der Waals surface area contributed by atoms with E-state index in [1.807, 2.05) is 4.90 Å². The Bertz CT molecular complexity index is 575. The van der Waals surface area contributed by atoms with E-state index in [2.05, 4.69) is 19.2 Å². The number of carbonyl (C=O) groups excluding carboxylic acids is 2. The fourth-order valence-corrected chi connectivity index (χ4v) is 2.72. The molecule has 0 aromatic heterocycles. The zero-order valence-corrected chi connectivity index (χ0v) is 10.9. The molecule has 1 saturated heterocycles. The fourth-order valence-electron chi connectivity index (χ4n) is 2.72. The lowest BCUT2D eigenvalue weighted by molar-refractivity contribution is -0.112. The Balaban J connectivity index is 1.99. The molecule has 19 heavy (non-hydrogen) atoms. The Kier molecular flexibility index (Phi) is 2.59. The van der Waals surface area contributed by atoms with E-state index < -0.39 is 17.5 Å². The van der Waals surface area contributed by atoms with E-state index in [1.165, 1.54) is 6.07 Å². The largest absolute Gasteiger partial charge is 0.369 e. The van der Waals surface area contributed by atoms with E-state index in [1.54, 1.807) is 6.07 Å². The summed E-state index contributed by atoms with van der Waals surface area (Å²) >= 11 is 0. The maximum Gasteiger partial charge on any atom is 0.296 e. The summed E-state index contributed by atoms with van der Waals surface area (Å²) in [4.78, 5) is 24.7. The van der Waals surface area contributed by atoms with Gasteiger partial charge in [-0.3, -0.25) is 9.59 Å². The molecule has 2 unspecified atom stereocenters. The molecule has 100 valence electrons. The van der Waals surface area contributed by atoms with Crippen LogP contribution in [0.25, 0.3) is 0 Å². The van der Waals surface area contributed by atoms with Crippen molar-refractivity contribution in [2.45, 2.75) is 13.8 Å². The molecule has 5 heteroatoms. The number of benzene rings is 1. The van der Waals surface area contributed by atoms with Gasteiger partial charge in [-0.05, 0) is 24.0 Å². The number of anilines is 2. The summed E-state index contributed by atoms with van der Waals surface area (Å²) in [5.74, 6) is -0.782. The van der Waals surface area contributed by atoms with Gasteiger partial charge in [0.2, 0.25) is 0 Å². The van der Waals surface area contributed by atoms with Crippen LogP contribution in [0.2, 0.25) is 0 Å². The molecule has 1 aromatic rings. The van der Waals surface area contributed by atoms with E-state index >= 15 is 0 Å². The third kappa shape index (κ3) is 1.80. The van der Waals surface area contributed by atoms with Gasteiger partial charge in [0.1, 0.15) is 5.82 Å². The molecule has 1 N–H and O–H groups in total. The molecule has 2 aliphatic rings. The van der Waals surface area contributed by atoms with E-state index in [0.717, 1.165) is 13.1 Å². The van der Waals surface area contributed by atoms with Gasteiger partial charge < -0.3 is 10.2 Å². The Hall–Kier alpha value is -1.91. The van der Waals surface area contributed by atoms with Gasteiger partial charge in [0.15, 0.2) is 0 Å². The van der Waals surface area contributed by atoms with Crippen molar-refractivity contribution in [1.82, 2.24) is 0 Å². The molecule has 2 heterocycles. The van der Waals surface area contributed by atoms with Gasteiger partial charge in [0.25, 0.3) is 11.7 Å². The lowest BCUT2D eigenvalue weighted by Crippen LogP contribution is -2.21. The number of hydrogen-bond donors (Lipinski definition) is 1. The molecule has 2 atom stereocenters. The van der Waals surface area contributed by atoms with Crippen molar-refractivity contribution >= 4 is 23.1 Å². The zero-order valence-electron chi connectivity index (χ0n) is 10.9. The van der Waals surface area contributed by atoms with Crippen molar-refractivity contribution in [1.29, 1.82) is 0 Å². The average Bonchev–Trinajstić information content (AvgIpc) is 2.82. The zero-order chi connectivity index (χ0) is 13.7. The quantitative estimate of drug-likeness (QED) is 0.788. The van der Waals surface area contributed by atoms with Crippen molar-refractivity contribution in [2.24, 2.45) is 11.8 Å². The molecular weight excluding hydrogens is 247 g/mol. The number of nitrogens with one attached hydrogen (secondary N) is 1. The van der Waals surface area contributed by atoms with Gasteiger partial charge in [-0.1, -0.05) is 13.8 Å². The molecule has 1 amide bonds. The normalized spacial score (nSPS) is 25.7. The van der Waals surface area contributed by atoms with Crippen molar-refractivity contribution in [3.05, 3.63) is 23.5 Å². The molecule has 0 aliphatic carbocycles. The second kappa shape index (κ2) is 4.05. The number of amides is 1. The van der Waals surface area contributed by atoms with E-state index in [9.17, 15) is 14.0 Å². The van der Waals surface area contributed by atoms with Crippen LogP contribution in [0.1, 0.15) is 24.2 Å². The molecule has 0 bridgehead atoms. The highest BCUT2D eigenvalue weighted by atomic mass is 19.1. The number of Topliss-reactive ketones (excluding diaryl/α,β-unsaturated/α-hetero) is 1. The van der Waals surface area contributed by atoms with E-state index in [-0.39, 0.29) is 5.56 Å².